The van der Waals surface area contributed by atoms with Gasteiger partial charge in [0.25, 0.3) is 0 Å². The van der Waals surface area contributed by atoms with Crippen LogP contribution in [0.4, 0.5) is 0 Å². The van der Waals surface area contributed by atoms with E-state index in [2.05, 4.69) is 12.2 Å². The molecule has 1 fully saturated rings. The van der Waals surface area contributed by atoms with E-state index in [-0.39, 0.29) is 9.92 Å². The molecule has 0 radical (unpaired) electrons. The summed E-state index contributed by atoms with van der Waals surface area (Å²) in [5.74, 6) is 0.809. The van der Waals surface area contributed by atoms with Crippen molar-refractivity contribution in [3.8, 4) is 6.07 Å². The summed E-state index contributed by atoms with van der Waals surface area (Å²) >= 11 is 6.05. The van der Waals surface area contributed by atoms with E-state index in [0.29, 0.717) is 30.5 Å². The molecule has 2 aliphatic rings. The number of hydrogen-bond acceptors (Lipinski definition) is 3. The molecule has 2 unspecified atom stereocenters. The van der Waals surface area contributed by atoms with Crippen LogP contribution < -0.4 is 0 Å². The van der Waals surface area contributed by atoms with Crippen LogP contribution in [0, 0.1) is 23.2 Å². The fourth-order valence-electron chi connectivity index (χ4n) is 3.09. The first-order valence-corrected chi connectivity index (χ1v) is 8.69. The summed E-state index contributed by atoms with van der Waals surface area (Å²) in [5.41, 5.74) is 0.359. The normalized spacial score (nSPS) is 25.5. The predicted octanol–water partition coefficient (Wildman–Crippen LogP) is 2.80. The Morgan fingerprint density at radius 1 is 1.19 bits per heavy atom. The number of allylic oxidation sites excluding steroid dienone is 2. The van der Waals surface area contributed by atoms with Gasteiger partial charge in [-0.1, -0.05) is 23.8 Å². The minimum atomic E-state index is -3.59. The molecule has 1 saturated heterocycles. The van der Waals surface area contributed by atoms with Crippen LogP contribution in [0.15, 0.2) is 35.2 Å². The molecule has 1 aliphatic carbocycles. The first-order chi connectivity index (χ1) is 10.0. The van der Waals surface area contributed by atoms with Crippen molar-refractivity contribution in [2.24, 2.45) is 11.8 Å². The van der Waals surface area contributed by atoms with Crippen LogP contribution in [0.3, 0.4) is 0 Å². The predicted molar refractivity (Wildman–Crippen MR) is 80.3 cm³/mol. The molecule has 1 aromatic rings. The third kappa shape index (κ3) is 2.59. The first kappa shape index (κ1) is 14.6. The number of sulfonamides is 1. The van der Waals surface area contributed by atoms with Crippen molar-refractivity contribution >= 4 is 21.6 Å². The fraction of sp³-hybridized carbons (Fsp3) is 0.400. The second kappa shape index (κ2) is 5.45. The van der Waals surface area contributed by atoms with Crippen molar-refractivity contribution in [3.63, 3.8) is 0 Å². The standard InChI is InChI=1S/C15H15ClN2O2S/c16-14-7-11(8-17)5-6-15(14)21(19,20)18-9-12-3-1-2-4-13(12)10-18/h1-2,5-7,12-13H,3-4,9-10H2. The fourth-order valence-corrected chi connectivity index (χ4v) is 5.16. The summed E-state index contributed by atoms with van der Waals surface area (Å²) in [7, 11) is -3.59. The number of benzene rings is 1. The maximum atomic E-state index is 12.7. The van der Waals surface area contributed by atoms with Gasteiger partial charge in [0.15, 0.2) is 0 Å². The summed E-state index contributed by atoms with van der Waals surface area (Å²) in [5, 5.41) is 8.95. The molecule has 0 N–H and O–H groups in total. The van der Waals surface area contributed by atoms with Crippen LogP contribution in [0.25, 0.3) is 0 Å². The molecule has 3 rings (SSSR count). The average molecular weight is 323 g/mol. The zero-order chi connectivity index (χ0) is 15.0. The van der Waals surface area contributed by atoms with Crippen LogP contribution >= 0.6 is 11.6 Å². The number of nitrogens with zero attached hydrogens (tertiary/aromatic N) is 2. The lowest BCUT2D eigenvalue weighted by atomic mass is 9.86. The van der Waals surface area contributed by atoms with Crippen LogP contribution in [0.1, 0.15) is 18.4 Å². The van der Waals surface area contributed by atoms with Crippen molar-refractivity contribution in [2.75, 3.05) is 13.1 Å². The van der Waals surface area contributed by atoms with Gasteiger partial charge in [0.05, 0.1) is 16.7 Å². The highest BCUT2D eigenvalue weighted by molar-refractivity contribution is 7.89. The third-order valence-electron chi connectivity index (χ3n) is 4.27. The van der Waals surface area contributed by atoms with Crippen LogP contribution in [-0.4, -0.2) is 25.8 Å². The first-order valence-electron chi connectivity index (χ1n) is 6.87. The van der Waals surface area contributed by atoms with Crippen molar-refractivity contribution in [1.82, 2.24) is 4.31 Å². The summed E-state index contributed by atoms with van der Waals surface area (Å²) in [6.45, 7) is 1.10. The monoisotopic (exact) mass is 322 g/mol. The Morgan fingerprint density at radius 2 is 1.81 bits per heavy atom. The van der Waals surface area contributed by atoms with Gasteiger partial charge in [-0.15, -0.1) is 0 Å². The molecule has 4 nitrogen and oxygen atoms in total. The Labute approximate surface area is 129 Å². The molecule has 0 aromatic heterocycles. The Balaban J connectivity index is 1.90. The second-order valence-corrected chi connectivity index (χ2v) is 7.86. The summed E-state index contributed by atoms with van der Waals surface area (Å²) in [4.78, 5) is 0.0924. The lowest BCUT2D eigenvalue weighted by molar-refractivity contribution is 0.411. The number of rotatable bonds is 2. The maximum Gasteiger partial charge on any atom is 0.244 e. The van der Waals surface area contributed by atoms with E-state index in [1.165, 1.54) is 22.5 Å². The van der Waals surface area contributed by atoms with E-state index in [1.54, 1.807) is 0 Å². The highest BCUT2D eigenvalue weighted by Crippen LogP contribution is 2.36. The van der Waals surface area contributed by atoms with Crippen LogP contribution in [0.2, 0.25) is 5.02 Å². The molecule has 1 heterocycles. The number of halogens is 1. The Hall–Kier alpha value is -1.35. The van der Waals surface area contributed by atoms with Crippen LogP contribution in [-0.2, 0) is 10.0 Å². The van der Waals surface area contributed by atoms with Crippen molar-refractivity contribution in [1.29, 1.82) is 5.26 Å². The largest absolute Gasteiger partial charge is 0.244 e. The second-order valence-electron chi connectivity index (χ2n) is 5.54. The quantitative estimate of drug-likeness (QED) is 0.787. The Morgan fingerprint density at radius 3 is 2.33 bits per heavy atom. The van der Waals surface area contributed by atoms with Gasteiger partial charge in [-0.25, -0.2) is 8.42 Å². The molecule has 21 heavy (non-hydrogen) atoms. The highest BCUT2D eigenvalue weighted by Gasteiger charge is 2.39. The molecule has 1 aliphatic heterocycles. The van der Waals surface area contributed by atoms with E-state index < -0.39 is 10.0 Å². The molecule has 1 aromatic carbocycles. The van der Waals surface area contributed by atoms with E-state index in [4.69, 9.17) is 16.9 Å². The van der Waals surface area contributed by atoms with Gasteiger partial charge in [0, 0.05) is 13.1 Å². The van der Waals surface area contributed by atoms with Gasteiger partial charge in [-0.05, 0) is 42.9 Å². The van der Waals surface area contributed by atoms with Gasteiger partial charge in [0.1, 0.15) is 4.90 Å². The van der Waals surface area contributed by atoms with Gasteiger partial charge >= 0.3 is 0 Å². The summed E-state index contributed by atoms with van der Waals surface area (Å²) < 4.78 is 27.0. The number of hydrogen-bond donors (Lipinski definition) is 0. The van der Waals surface area contributed by atoms with Gasteiger partial charge in [-0.3, -0.25) is 0 Å². The molecule has 0 saturated carbocycles. The maximum absolute atomic E-state index is 12.7. The summed E-state index contributed by atoms with van der Waals surface area (Å²) in [6, 6.07) is 6.27. The Bertz CT molecular complexity index is 721. The van der Waals surface area contributed by atoms with Crippen LogP contribution in [0.5, 0.6) is 0 Å². The molecular formula is C15H15ClN2O2S. The van der Waals surface area contributed by atoms with E-state index >= 15 is 0 Å². The molecule has 0 spiro atoms. The highest BCUT2D eigenvalue weighted by atomic mass is 35.5. The zero-order valence-electron chi connectivity index (χ0n) is 11.4. The summed E-state index contributed by atoms with van der Waals surface area (Å²) in [6.07, 6.45) is 6.15. The lowest BCUT2D eigenvalue weighted by Crippen LogP contribution is -2.29. The molecule has 110 valence electrons. The topological polar surface area (TPSA) is 61.2 Å². The Kier molecular flexibility index (Phi) is 3.78. The molecule has 2 atom stereocenters. The average Bonchev–Trinajstić information content (AvgIpc) is 2.91. The van der Waals surface area contributed by atoms with E-state index in [1.807, 2.05) is 6.07 Å². The SMILES string of the molecule is N#Cc1ccc(S(=O)(=O)N2CC3CC=CCC3C2)c(Cl)c1. The van der Waals surface area contributed by atoms with Crippen molar-refractivity contribution in [2.45, 2.75) is 17.7 Å². The van der Waals surface area contributed by atoms with Crippen molar-refractivity contribution < 1.29 is 8.42 Å². The molecular weight excluding hydrogens is 308 g/mol. The molecule has 6 heteroatoms. The van der Waals surface area contributed by atoms with E-state index in [0.717, 1.165) is 12.8 Å². The van der Waals surface area contributed by atoms with Gasteiger partial charge in [0.2, 0.25) is 10.0 Å². The zero-order valence-corrected chi connectivity index (χ0v) is 12.9. The third-order valence-corrected chi connectivity index (χ3v) is 6.58. The van der Waals surface area contributed by atoms with Gasteiger partial charge < -0.3 is 0 Å². The van der Waals surface area contributed by atoms with E-state index in [9.17, 15) is 8.42 Å². The molecule has 0 bridgehead atoms. The van der Waals surface area contributed by atoms with Gasteiger partial charge in [-0.2, -0.15) is 9.57 Å². The lowest BCUT2D eigenvalue weighted by Gasteiger charge is -2.18. The minimum absolute atomic E-state index is 0.0924. The number of nitriles is 1. The number of fused-ring (bicyclic) bond motifs is 1. The van der Waals surface area contributed by atoms with Crippen molar-refractivity contribution in [3.05, 3.63) is 40.9 Å². The smallest absolute Gasteiger partial charge is 0.207 e. The molecule has 0 amide bonds. The minimum Gasteiger partial charge on any atom is -0.207 e.